The van der Waals surface area contributed by atoms with E-state index in [0.29, 0.717) is 13.9 Å². The summed E-state index contributed by atoms with van der Waals surface area (Å²) in [6.07, 6.45) is 6.94. The van der Waals surface area contributed by atoms with Crippen LogP contribution >= 0.6 is 33.3 Å². The second kappa shape index (κ2) is 11.8. The van der Waals surface area contributed by atoms with Crippen LogP contribution in [0.3, 0.4) is 0 Å². The third kappa shape index (κ3) is 7.04. The number of rotatable bonds is 7. The maximum Gasteiger partial charge on any atom is 0.155 e. The molecule has 0 aromatic carbocycles. The lowest BCUT2D eigenvalue weighted by Crippen LogP contribution is -2.20. The predicted molar refractivity (Wildman–Crippen MR) is 69.5 cm³/mol. The van der Waals surface area contributed by atoms with Crippen LogP contribution in [-0.4, -0.2) is 6.16 Å². The Morgan fingerprint density at radius 1 is 1.07 bits per heavy atom. The Morgan fingerprint density at radius 3 is 1.86 bits per heavy atom. The van der Waals surface area contributed by atoms with Gasteiger partial charge in [0.2, 0.25) is 0 Å². The van der Waals surface area contributed by atoms with E-state index in [2.05, 4.69) is 20.8 Å². The van der Waals surface area contributed by atoms with Gasteiger partial charge in [0, 0.05) is 6.16 Å². The fourth-order valence-corrected chi connectivity index (χ4v) is 2.47. The molecule has 0 saturated carbocycles. The van der Waals surface area contributed by atoms with Crippen molar-refractivity contribution in [2.45, 2.75) is 52.9 Å². The van der Waals surface area contributed by atoms with E-state index in [1.54, 1.807) is 0 Å². The SMILES string of the molecule is CCCCC(CC)(CC)CP=O.Cl.Cl. The highest BCUT2D eigenvalue weighted by Gasteiger charge is 2.24. The molecule has 0 saturated heterocycles. The van der Waals surface area contributed by atoms with Crippen molar-refractivity contribution in [2.24, 2.45) is 5.41 Å². The van der Waals surface area contributed by atoms with Gasteiger partial charge in [-0.3, -0.25) is 4.57 Å². The molecular formula is C10H23Cl2OP. The van der Waals surface area contributed by atoms with Crippen molar-refractivity contribution in [2.75, 3.05) is 6.16 Å². The van der Waals surface area contributed by atoms with Crippen molar-refractivity contribution in [3.05, 3.63) is 0 Å². The summed E-state index contributed by atoms with van der Waals surface area (Å²) in [5.41, 5.74) is 0.360. The molecule has 0 rings (SSSR count). The average molecular weight is 261 g/mol. The topological polar surface area (TPSA) is 17.1 Å². The van der Waals surface area contributed by atoms with Crippen LogP contribution in [0.5, 0.6) is 0 Å². The highest BCUT2D eigenvalue weighted by molar-refractivity contribution is 7.23. The molecule has 0 fully saturated rings. The minimum atomic E-state index is 0. The van der Waals surface area contributed by atoms with Gasteiger partial charge in [0.05, 0.1) is 0 Å². The fraction of sp³-hybridized carbons (Fsp3) is 1.00. The Labute approximate surface area is 102 Å². The van der Waals surface area contributed by atoms with Gasteiger partial charge in [-0.1, -0.05) is 33.6 Å². The zero-order valence-electron chi connectivity index (χ0n) is 9.41. The van der Waals surface area contributed by atoms with Crippen LogP contribution in [0, 0.1) is 5.41 Å². The second-order valence-corrected chi connectivity index (χ2v) is 4.17. The molecule has 14 heavy (non-hydrogen) atoms. The first-order valence-corrected chi connectivity index (χ1v) is 6.03. The monoisotopic (exact) mass is 260 g/mol. The molecule has 0 bridgehead atoms. The summed E-state index contributed by atoms with van der Waals surface area (Å²) in [7, 11) is 0.321. The minimum absolute atomic E-state index is 0. The van der Waals surface area contributed by atoms with Gasteiger partial charge < -0.3 is 0 Å². The van der Waals surface area contributed by atoms with E-state index in [0.717, 1.165) is 6.16 Å². The van der Waals surface area contributed by atoms with E-state index >= 15 is 0 Å². The quantitative estimate of drug-likeness (QED) is 0.581. The van der Waals surface area contributed by atoms with Crippen LogP contribution in [0.1, 0.15) is 52.9 Å². The molecule has 0 radical (unpaired) electrons. The highest BCUT2D eigenvalue weighted by Crippen LogP contribution is 2.35. The molecule has 88 valence electrons. The molecule has 4 heteroatoms. The van der Waals surface area contributed by atoms with Gasteiger partial charge in [-0.05, 0) is 24.7 Å². The normalized spacial score (nSPS) is 10.5. The zero-order valence-corrected chi connectivity index (χ0v) is 11.9. The number of unbranched alkanes of at least 4 members (excludes halogenated alkanes) is 1. The maximum atomic E-state index is 10.6. The first-order valence-electron chi connectivity index (χ1n) is 5.03. The summed E-state index contributed by atoms with van der Waals surface area (Å²) in [5.74, 6) is 0. The van der Waals surface area contributed by atoms with Gasteiger partial charge in [0.1, 0.15) is 0 Å². The van der Waals surface area contributed by atoms with E-state index in [-0.39, 0.29) is 24.8 Å². The first-order chi connectivity index (χ1) is 5.74. The molecule has 0 atom stereocenters. The van der Waals surface area contributed by atoms with E-state index < -0.39 is 0 Å². The largest absolute Gasteiger partial charge is 0.275 e. The van der Waals surface area contributed by atoms with Crippen LogP contribution in [0.2, 0.25) is 0 Å². The molecule has 0 spiro atoms. The van der Waals surface area contributed by atoms with E-state index in [1.807, 2.05) is 0 Å². The van der Waals surface area contributed by atoms with E-state index in [4.69, 9.17) is 0 Å². The Kier molecular flexibility index (Phi) is 16.9. The summed E-state index contributed by atoms with van der Waals surface area (Å²) < 4.78 is 10.6. The second-order valence-electron chi connectivity index (χ2n) is 3.60. The lowest BCUT2D eigenvalue weighted by Gasteiger charge is -2.28. The van der Waals surface area contributed by atoms with Crippen molar-refractivity contribution in [3.8, 4) is 0 Å². The van der Waals surface area contributed by atoms with Gasteiger partial charge in [-0.25, -0.2) is 0 Å². The fourth-order valence-electron chi connectivity index (χ4n) is 1.59. The number of hydrogen-bond acceptors (Lipinski definition) is 1. The van der Waals surface area contributed by atoms with E-state index in [9.17, 15) is 4.57 Å². The van der Waals surface area contributed by atoms with Crippen molar-refractivity contribution < 1.29 is 4.57 Å². The smallest absolute Gasteiger partial charge is 0.155 e. The maximum absolute atomic E-state index is 10.6. The van der Waals surface area contributed by atoms with Crippen LogP contribution in [-0.2, 0) is 4.57 Å². The summed E-state index contributed by atoms with van der Waals surface area (Å²) >= 11 is 0. The van der Waals surface area contributed by atoms with Gasteiger partial charge in [0.15, 0.2) is 8.46 Å². The van der Waals surface area contributed by atoms with Crippen molar-refractivity contribution in [1.82, 2.24) is 0 Å². The summed E-state index contributed by atoms with van der Waals surface area (Å²) in [5, 5.41) is 0. The molecule has 0 N–H and O–H groups in total. The molecule has 0 aliphatic carbocycles. The van der Waals surface area contributed by atoms with Crippen LogP contribution in [0.25, 0.3) is 0 Å². The van der Waals surface area contributed by atoms with Gasteiger partial charge >= 0.3 is 0 Å². The minimum Gasteiger partial charge on any atom is -0.275 e. The third-order valence-electron chi connectivity index (χ3n) is 2.96. The first kappa shape index (κ1) is 20.1. The summed E-state index contributed by atoms with van der Waals surface area (Å²) in [6, 6.07) is 0. The summed E-state index contributed by atoms with van der Waals surface area (Å²) in [6.45, 7) is 6.64. The molecular weight excluding hydrogens is 238 g/mol. The Morgan fingerprint density at radius 2 is 1.57 bits per heavy atom. The number of halogens is 2. The molecule has 0 amide bonds. The third-order valence-corrected chi connectivity index (χ3v) is 3.76. The molecule has 0 aromatic heterocycles. The Balaban J connectivity index is -0.000000605. The van der Waals surface area contributed by atoms with Crippen molar-refractivity contribution in [3.63, 3.8) is 0 Å². The molecule has 0 aliphatic heterocycles. The van der Waals surface area contributed by atoms with Crippen LogP contribution in [0.15, 0.2) is 0 Å². The van der Waals surface area contributed by atoms with Crippen molar-refractivity contribution >= 4 is 33.3 Å². The van der Waals surface area contributed by atoms with Crippen molar-refractivity contribution in [1.29, 1.82) is 0 Å². The lowest BCUT2D eigenvalue weighted by atomic mass is 9.80. The summed E-state index contributed by atoms with van der Waals surface area (Å²) in [4.78, 5) is 0. The lowest BCUT2D eigenvalue weighted by molar-refractivity contribution is 0.270. The van der Waals surface area contributed by atoms with Crippen LogP contribution in [0.4, 0.5) is 0 Å². The number of hydrogen-bond donors (Lipinski definition) is 0. The zero-order chi connectivity index (χ0) is 9.45. The molecule has 0 heterocycles. The Bertz CT molecular complexity index is 127. The molecule has 1 nitrogen and oxygen atoms in total. The van der Waals surface area contributed by atoms with Gasteiger partial charge in [-0.2, -0.15) is 0 Å². The van der Waals surface area contributed by atoms with E-state index in [1.165, 1.54) is 32.1 Å². The Hall–Kier alpha value is 0.680. The molecule has 0 aromatic rings. The average Bonchev–Trinajstić information content (AvgIpc) is 2.13. The van der Waals surface area contributed by atoms with Gasteiger partial charge in [-0.15, -0.1) is 24.8 Å². The predicted octanol–water partition coefficient (Wildman–Crippen LogP) is 5.12. The highest BCUT2D eigenvalue weighted by atomic mass is 35.5. The standard InChI is InChI=1S/C10H21OP.2ClH/c1-4-7-8-10(5-2,6-3)9-12-11;;/h4-9H2,1-3H3;2*1H. The molecule has 0 aliphatic rings. The van der Waals surface area contributed by atoms with Gasteiger partial charge in [0.25, 0.3) is 0 Å². The van der Waals surface area contributed by atoms with Crippen LogP contribution < -0.4 is 0 Å². The molecule has 0 unspecified atom stereocenters.